The van der Waals surface area contributed by atoms with Gasteiger partial charge in [0, 0.05) is 26.2 Å². The van der Waals surface area contributed by atoms with E-state index in [0.717, 1.165) is 26.2 Å². The molecule has 7 nitrogen and oxygen atoms in total. The lowest BCUT2D eigenvalue weighted by molar-refractivity contribution is 0.128. The predicted octanol–water partition coefficient (Wildman–Crippen LogP) is -2.35. The number of hydrogen-bond donors (Lipinski definition) is 5. The van der Waals surface area contributed by atoms with E-state index in [2.05, 4.69) is 37.0 Å². The maximum atomic E-state index is 4.17. The van der Waals surface area contributed by atoms with Crippen LogP contribution in [-0.4, -0.2) is 37.8 Å². The SMILES string of the molecule is C1CNC2(N=NNC23NCCN3)N1. The summed E-state index contributed by atoms with van der Waals surface area (Å²) in [5, 5.41) is 21.3. The van der Waals surface area contributed by atoms with Gasteiger partial charge in [0.05, 0.1) is 0 Å². The van der Waals surface area contributed by atoms with Gasteiger partial charge in [0.15, 0.2) is 0 Å². The van der Waals surface area contributed by atoms with Gasteiger partial charge in [-0.2, -0.15) is 0 Å². The number of rotatable bonds is 0. The van der Waals surface area contributed by atoms with Crippen molar-refractivity contribution in [3.63, 3.8) is 0 Å². The normalized spacial score (nSPS) is 33.2. The van der Waals surface area contributed by atoms with Crippen LogP contribution < -0.4 is 26.7 Å². The summed E-state index contributed by atoms with van der Waals surface area (Å²) >= 11 is 0. The van der Waals surface area contributed by atoms with Crippen molar-refractivity contribution in [2.45, 2.75) is 11.6 Å². The highest BCUT2D eigenvalue weighted by molar-refractivity contribution is 5.10. The minimum Gasteiger partial charge on any atom is -0.275 e. The lowest BCUT2D eigenvalue weighted by Crippen LogP contribution is -2.76. The first-order valence-corrected chi connectivity index (χ1v) is 4.56. The molecule has 7 heteroatoms. The van der Waals surface area contributed by atoms with Crippen LogP contribution in [0.1, 0.15) is 0 Å². The molecule has 72 valence electrons. The molecule has 0 amide bonds. The molecule has 0 aromatic rings. The van der Waals surface area contributed by atoms with Crippen molar-refractivity contribution in [2.75, 3.05) is 26.2 Å². The van der Waals surface area contributed by atoms with Crippen LogP contribution in [0.25, 0.3) is 0 Å². The Morgan fingerprint density at radius 1 is 0.846 bits per heavy atom. The predicted molar refractivity (Wildman–Crippen MR) is 45.5 cm³/mol. The van der Waals surface area contributed by atoms with Crippen LogP contribution in [0.5, 0.6) is 0 Å². The zero-order valence-corrected chi connectivity index (χ0v) is 7.22. The maximum Gasteiger partial charge on any atom is 0.239 e. The number of fused-ring (bicyclic) bond motifs is 1. The fourth-order valence-corrected chi connectivity index (χ4v) is 2.11. The van der Waals surface area contributed by atoms with Crippen LogP contribution in [0.4, 0.5) is 0 Å². The minimum absolute atomic E-state index is 0.441. The molecule has 2 fully saturated rings. The molecule has 0 aromatic heterocycles. The van der Waals surface area contributed by atoms with Gasteiger partial charge in [0.2, 0.25) is 11.6 Å². The fourth-order valence-electron chi connectivity index (χ4n) is 2.11. The first-order chi connectivity index (χ1) is 6.37. The Hall–Kier alpha value is -0.760. The Balaban J connectivity index is 1.95. The first-order valence-electron chi connectivity index (χ1n) is 4.56. The molecule has 0 saturated carbocycles. The zero-order chi connectivity index (χ0) is 8.78. The van der Waals surface area contributed by atoms with Gasteiger partial charge in [-0.15, -0.1) is 5.11 Å². The summed E-state index contributed by atoms with van der Waals surface area (Å²) in [5.41, 5.74) is 2.98. The summed E-state index contributed by atoms with van der Waals surface area (Å²) in [7, 11) is 0. The fraction of sp³-hybridized carbons (Fsp3) is 1.00. The number of hydrogen-bond acceptors (Lipinski definition) is 7. The second-order valence-electron chi connectivity index (χ2n) is 3.48. The van der Waals surface area contributed by atoms with E-state index < -0.39 is 11.6 Å². The summed E-state index contributed by atoms with van der Waals surface area (Å²) in [6.45, 7) is 3.66. The topological polar surface area (TPSA) is 84.9 Å². The molecular formula is C6H13N7. The van der Waals surface area contributed by atoms with Crippen LogP contribution in [0.2, 0.25) is 0 Å². The van der Waals surface area contributed by atoms with Crippen LogP contribution in [0.15, 0.2) is 10.3 Å². The van der Waals surface area contributed by atoms with Crippen molar-refractivity contribution in [1.29, 1.82) is 0 Å². The molecule has 3 heterocycles. The van der Waals surface area contributed by atoms with E-state index in [-0.39, 0.29) is 0 Å². The molecule has 5 N–H and O–H groups in total. The summed E-state index contributed by atoms with van der Waals surface area (Å²) in [4.78, 5) is 0. The Kier molecular flexibility index (Phi) is 1.40. The Morgan fingerprint density at radius 3 is 2.15 bits per heavy atom. The van der Waals surface area contributed by atoms with E-state index in [9.17, 15) is 0 Å². The van der Waals surface area contributed by atoms with Gasteiger partial charge in [-0.1, -0.05) is 5.22 Å². The molecule has 3 aliphatic rings. The van der Waals surface area contributed by atoms with E-state index >= 15 is 0 Å². The molecule has 0 aromatic carbocycles. The Labute approximate surface area is 75.7 Å². The van der Waals surface area contributed by atoms with Gasteiger partial charge in [0.25, 0.3) is 0 Å². The third-order valence-corrected chi connectivity index (χ3v) is 2.75. The van der Waals surface area contributed by atoms with E-state index in [1.165, 1.54) is 0 Å². The molecule has 0 bridgehead atoms. The van der Waals surface area contributed by atoms with E-state index in [4.69, 9.17) is 0 Å². The molecule has 0 atom stereocenters. The minimum atomic E-state index is -0.510. The van der Waals surface area contributed by atoms with Crippen LogP contribution in [0, 0.1) is 0 Å². The van der Waals surface area contributed by atoms with E-state index in [1.807, 2.05) is 0 Å². The van der Waals surface area contributed by atoms with Crippen molar-refractivity contribution in [3.05, 3.63) is 0 Å². The second kappa shape index (κ2) is 2.38. The lowest BCUT2D eigenvalue weighted by atomic mass is 10.2. The lowest BCUT2D eigenvalue weighted by Gasteiger charge is -2.36. The van der Waals surface area contributed by atoms with E-state index in [1.54, 1.807) is 0 Å². The van der Waals surface area contributed by atoms with Crippen molar-refractivity contribution < 1.29 is 0 Å². The van der Waals surface area contributed by atoms with Gasteiger partial charge >= 0.3 is 0 Å². The van der Waals surface area contributed by atoms with Gasteiger partial charge in [0.1, 0.15) is 0 Å². The van der Waals surface area contributed by atoms with Crippen LogP contribution >= 0.6 is 0 Å². The molecule has 2 saturated heterocycles. The number of nitrogens with one attached hydrogen (secondary N) is 5. The molecule has 0 radical (unpaired) electrons. The van der Waals surface area contributed by atoms with Crippen molar-refractivity contribution >= 4 is 0 Å². The summed E-state index contributed by atoms with van der Waals surface area (Å²) in [6, 6.07) is 0. The maximum absolute atomic E-state index is 4.17. The highest BCUT2D eigenvalue weighted by Gasteiger charge is 2.59. The Morgan fingerprint density at radius 2 is 1.46 bits per heavy atom. The molecular weight excluding hydrogens is 170 g/mol. The summed E-state index contributed by atoms with van der Waals surface area (Å²) < 4.78 is 0. The molecule has 13 heavy (non-hydrogen) atoms. The second-order valence-corrected chi connectivity index (χ2v) is 3.48. The largest absolute Gasteiger partial charge is 0.275 e. The van der Waals surface area contributed by atoms with Gasteiger partial charge in [-0.25, -0.2) is 0 Å². The molecule has 3 rings (SSSR count). The monoisotopic (exact) mass is 183 g/mol. The molecule has 3 aliphatic heterocycles. The quantitative estimate of drug-likeness (QED) is 0.290. The first kappa shape index (κ1) is 7.63. The van der Waals surface area contributed by atoms with Gasteiger partial charge < -0.3 is 0 Å². The third kappa shape index (κ3) is 0.819. The average Bonchev–Trinajstić information content (AvgIpc) is 2.79. The standard InChI is InChI=1S/C6H13N7/c1-2-8-5(7-1)6(12-13-11-5)9-3-4-10-6/h7-10H,1-4H2,(H,11,12). The summed E-state index contributed by atoms with van der Waals surface area (Å²) in [5.74, 6) is -0.951. The van der Waals surface area contributed by atoms with Crippen LogP contribution in [-0.2, 0) is 0 Å². The zero-order valence-electron chi connectivity index (χ0n) is 7.22. The average molecular weight is 183 g/mol. The molecule has 0 unspecified atom stereocenters. The highest BCUT2D eigenvalue weighted by Crippen LogP contribution is 2.25. The third-order valence-electron chi connectivity index (χ3n) is 2.75. The van der Waals surface area contributed by atoms with Crippen LogP contribution in [0.3, 0.4) is 0 Å². The molecule has 2 spiro atoms. The van der Waals surface area contributed by atoms with E-state index in [0.29, 0.717) is 0 Å². The van der Waals surface area contributed by atoms with Crippen molar-refractivity contribution in [1.82, 2.24) is 26.7 Å². The van der Waals surface area contributed by atoms with Gasteiger partial charge in [-0.05, 0) is 0 Å². The summed E-state index contributed by atoms with van der Waals surface area (Å²) in [6.07, 6.45) is 0. The van der Waals surface area contributed by atoms with Gasteiger partial charge in [-0.3, -0.25) is 26.7 Å². The Bertz CT molecular complexity index is 237. The van der Waals surface area contributed by atoms with Crippen molar-refractivity contribution in [3.8, 4) is 0 Å². The smallest absolute Gasteiger partial charge is 0.239 e. The van der Waals surface area contributed by atoms with Crippen molar-refractivity contribution in [2.24, 2.45) is 10.3 Å². The number of nitrogens with zero attached hydrogens (tertiary/aromatic N) is 2. The molecule has 0 aliphatic carbocycles. The highest BCUT2D eigenvalue weighted by atomic mass is 15.7.